The fraction of sp³-hybridized carbons (Fsp3) is 0.310. The molecule has 1 heterocycles. The van der Waals surface area contributed by atoms with Crippen molar-refractivity contribution in [2.75, 3.05) is 38.2 Å². The lowest BCUT2D eigenvalue weighted by Crippen LogP contribution is -2.53. The van der Waals surface area contributed by atoms with E-state index in [0.717, 1.165) is 15.4 Å². The van der Waals surface area contributed by atoms with Crippen molar-refractivity contribution in [2.45, 2.75) is 31.3 Å². The van der Waals surface area contributed by atoms with Gasteiger partial charge in [0, 0.05) is 13.1 Å². The molecule has 1 aliphatic heterocycles. The number of amides is 2. The third kappa shape index (κ3) is 6.40. The highest BCUT2D eigenvalue weighted by Gasteiger charge is 2.36. The Morgan fingerprint density at radius 1 is 1.08 bits per heavy atom. The van der Waals surface area contributed by atoms with Gasteiger partial charge >= 0.3 is 0 Å². The van der Waals surface area contributed by atoms with E-state index in [1.54, 1.807) is 50.2 Å². The van der Waals surface area contributed by atoms with Gasteiger partial charge in [-0.15, -0.1) is 0 Å². The molecule has 10 heteroatoms. The largest absolute Gasteiger partial charge is 0.495 e. The monoisotopic (exact) mass is 551 g/mol. The van der Waals surface area contributed by atoms with Crippen molar-refractivity contribution in [1.29, 1.82) is 0 Å². The summed E-state index contributed by atoms with van der Waals surface area (Å²) in [7, 11) is -2.64. The van der Waals surface area contributed by atoms with Crippen LogP contribution in [0.4, 0.5) is 5.69 Å². The zero-order valence-corrected chi connectivity index (χ0v) is 23.1. The highest BCUT2D eigenvalue weighted by atomic mass is 32.2. The van der Waals surface area contributed by atoms with Crippen molar-refractivity contribution in [3.63, 3.8) is 0 Å². The number of hydrogen-bond acceptors (Lipinski definition) is 6. The predicted octanol–water partition coefficient (Wildman–Crippen LogP) is 3.17. The van der Waals surface area contributed by atoms with Crippen LogP contribution in [0.5, 0.6) is 11.5 Å². The Hall–Kier alpha value is -3.89. The number of aryl methyl sites for hydroxylation is 1. The van der Waals surface area contributed by atoms with E-state index >= 15 is 0 Å². The Kier molecular flexibility index (Phi) is 8.88. The molecule has 0 bridgehead atoms. The molecule has 4 rings (SSSR count). The first kappa shape index (κ1) is 28.1. The number of sulfonamides is 1. The summed E-state index contributed by atoms with van der Waals surface area (Å²) in [5.41, 5.74) is 2.33. The van der Waals surface area contributed by atoms with Crippen LogP contribution in [0, 0.1) is 6.92 Å². The van der Waals surface area contributed by atoms with Crippen LogP contribution >= 0.6 is 0 Å². The molecule has 0 spiro atoms. The number of nitrogens with one attached hydrogen (secondary N) is 1. The summed E-state index contributed by atoms with van der Waals surface area (Å²) in [5.74, 6) is -0.227. The highest BCUT2D eigenvalue weighted by Crippen LogP contribution is 2.34. The van der Waals surface area contributed by atoms with Crippen LogP contribution < -0.4 is 19.7 Å². The first-order valence-electron chi connectivity index (χ1n) is 12.8. The summed E-state index contributed by atoms with van der Waals surface area (Å²) in [5, 5.41) is 2.88. The number of nitrogens with zero attached hydrogens (tertiary/aromatic N) is 2. The number of anilines is 1. The number of carbonyl (C=O) groups is 2. The number of ether oxygens (including phenoxy) is 2. The van der Waals surface area contributed by atoms with Gasteiger partial charge in [0.2, 0.25) is 15.9 Å². The lowest BCUT2D eigenvalue weighted by molar-refractivity contribution is -0.128. The second-order valence-electron chi connectivity index (χ2n) is 9.19. The van der Waals surface area contributed by atoms with Crippen LogP contribution in [0.2, 0.25) is 0 Å². The Morgan fingerprint density at radius 3 is 2.51 bits per heavy atom. The molecule has 9 nitrogen and oxygen atoms in total. The fourth-order valence-corrected chi connectivity index (χ4v) is 6.06. The Morgan fingerprint density at radius 2 is 1.79 bits per heavy atom. The minimum Gasteiger partial charge on any atom is -0.495 e. The lowest BCUT2D eigenvalue weighted by Gasteiger charge is -2.35. The van der Waals surface area contributed by atoms with E-state index in [2.05, 4.69) is 5.32 Å². The van der Waals surface area contributed by atoms with E-state index in [4.69, 9.17) is 9.47 Å². The normalized spacial score (nSPS) is 14.9. The number of benzene rings is 3. The van der Waals surface area contributed by atoms with Crippen LogP contribution in [0.15, 0.2) is 77.7 Å². The van der Waals surface area contributed by atoms with Gasteiger partial charge in [0.25, 0.3) is 5.91 Å². The molecule has 0 saturated heterocycles. The zero-order chi connectivity index (χ0) is 28.0. The molecule has 3 aromatic rings. The number of fused-ring (bicyclic) bond motifs is 1. The highest BCUT2D eigenvalue weighted by molar-refractivity contribution is 7.89. The molecule has 0 aromatic heterocycles. The minimum atomic E-state index is -4.05. The quantitative estimate of drug-likeness (QED) is 0.415. The Labute approximate surface area is 229 Å². The van der Waals surface area contributed by atoms with Gasteiger partial charge in [-0.25, -0.2) is 8.42 Å². The van der Waals surface area contributed by atoms with Crippen molar-refractivity contribution in [1.82, 2.24) is 9.62 Å². The summed E-state index contributed by atoms with van der Waals surface area (Å²) in [6.45, 7) is 3.49. The van der Waals surface area contributed by atoms with E-state index < -0.39 is 28.6 Å². The van der Waals surface area contributed by atoms with E-state index in [-0.39, 0.29) is 29.6 Å². The summed E-state index contributed by atoms with van der Waals surface area (Å²) in [6.07, 6.45) is -0.284. The van der Waals surface area contributed by atoms with E-state index in [1.165, 1.54) is 18.1 Å². The van der Waals surface area contributed by atoms with Gasteiger partial charge in [-0.05, 0) is 48.7 Å². The van der Waals surface area contributed by atoms with Gasteiger partial charge in [0.05, 0.1) is 25.9 Å². The fourth-order valence-electron chi connectivity index (χ4n) is 4.42. The standard InChI is InChI=1S/C29H33N3O6S/c1-4-31(39(35,36)27-18-21(2)14-15-25(27)37-3)20-28(33)32-19-26(38-24-13-9-8-12-23(24)32)29(34)30-17-16-22-10-6-5-7-11-22/h5-15,18,26H,4,16-17,19-20H2,1-3H3,(H,30,34). The van der Waals surface area contributed by atoms with Gasteiger partial charge in [0.15, 0.2) is 6.10 Å². The van der Waals surface area contributed by atoms with Gasteiger partial charge in [-0.2, -0.15) is 4.31 Å². The van der Waals surface area contributed by atoms with Crippen LogP contribution in [-0.4, -0.2) is 63.9 Å². The van der Waals surface area contributed by atoms with E-state index in [9.17, 15) is 18.0 Å². The van der Waals surface area contributed by atoms with Gasteiger partial charge < -0.3 is 19.7 Å². The summed E-state index contributed by atoms with van der Waals surface area (Å²) >= 11 is 0. The third-order valence-corrected chi connectivity index (χ3v) is 8.47. The SMILES string of the molecule is CCN(CC(=O)N1CC(C(=O)NCCc2ccccc2)Oc2ccccc21)S(=O)(=O)c1cc(C)ccc1OC. The predicted molar refractivity (Wildman–Crippen MR) is 149 cm³/mol. The van der Waals surface area contributed by atoms with Crippen molar-refractivity contribution in [3.05, 3.63) is 83.9 Å². The van der Waals surface area contributed by atoms with Gasteiger partial charge in [-0.3, -0.25) is 9.59 Å². The zero-order valence-electron chi connectivity index (χ0n) is 22.3. The molecule has 1 aliphatic rings. The number of para-hydroxylation sites is 2. The Bertz CT molecular complexity index is 1430. The second-order valence-corrected chi connectivity index (χ2v) is 11.1. The molecule has 206 valence electrons. The number of likely N-dealkylation sites (N-methyl/N-ethyl adjacent to an activating group) is 1. The van der Waals surface area contributed by atoms with Gasteiger partial charge in [-0.1, -0.05) is 55.5 Å². The molecule has 2 amide bonds. The Balaban J connectivity index is 1.51. The molecule has 1 unspecified atom stereocenters. The molecule has 0 saturated carbocycles. The number of hydrogen-bond donors (Lipinski definition) is 1. The van der Waals surface area contributed by atoms with Gasteiger partial charge in [0.1, 0.15) is 16.4 Å². The van der Waals surface area contributed by atoms with Crippen molar-refractivity contribution in [3.8, 4) is 11.5 Å². The summed E-state index contributed by atoms with van der Waals surface area (Å²) < 4.78 is 39.4. The average molecular weight is 552 g/mol. The maximum absolute atomic E-state index is 13.6. The molecule has 3 aromatic carbocycles. The molecule has 0 radical (unpaired) electrons. The van der Waals surface area contributed by atoms with Crippen LogP contribution in [0.25, 0.3) is 0 Å². The summed E-state index contributed by atoms with van der Waals surface area (Å²) in [6, 6.07) is 21.6. The molecule has 39 heavy (non-hydrogen) atoms. The number of methoxy groups -OCH3 is 1. The van der Waals surface area contributed by atoms with Crippen molar-refractivity contribution < 1.29 is 27.5 Å². The third-order valence-electron chi connectivity index (χ3n) is 6.52. The second kappa shape index (κ2) is 12.3. The minimum absolute atomic E-state index is 0.00213. The molecule has 0 aliphatic carbocycles. The summed E-state index contributed by atoms with van der Waals surface area (Å²) in [4.78, 5) is 28.0. The molecule has 1 atom stereocenters. The average Bonchev–Trinajstić information content (AvgIpc) is 2.95. The topological polar surface area (TPSA) is 105 Å². The first-order valence-corrected chi connectivity index (χ1v) is 14.2. The number of carbonyl (C=O) groups excluding carboxylic acids is 2. The number of rotatable bonds is 10. The molecule has 0 fully saturated rings. The maximum atomic E-state index is 13.6. The van der Waals surface area contributed by atoms with Crippen molar-refractivity contribution >= 4 is 27.5 Å². The molecule has 1 N–H and O–H groups in total. The van der Waals surface area contributed by atoms with E-state index in [0.29, 0.717) is 24.4 Å². The lowest BCUT2D eigenvalue weighted by atomic mass is 10.1. The molecular weight excluding hydrogens is 518 g/mol. The maximum Gasteiger partial charge on any atom is 0.262 e. The van der Waals surface area contributed by atoms with Crippen molar-refractivity contribution in [2.24, 2.45) is 0 Å². The first-order chi connectivity index (χ1) is 18.7. The van der Waals surface area contributed by atoms with Crippen LogP contribution in [-0.2, 0) is 26.0 Å². The van der Waals surface area contributed by atoms with Crippen LogP contribution in [0.1, 0.15) is 18.1 Å². The smallest absolute Gasteiger partial charge is 0.262 e. The van der Waals surface area contributed by atoms with Crippen LogP contribution in [0.3, 0.4) is 0 Å². The van der Waals surface area contributed by atoms with E-state index in [1.807, 2.05) is 30.3 Å². The molecular formula is C29H33N3O6S.